The number of nitrogens with zero attached hydrogens (tertiary/aromatic N) is 6. The van der Waals surface area contributed by atoms with Crippen LogP contribution in [-0.2, 0) is 0 Å². The topological polar surface area (TPSA) is 65.6 Å². The van der Waals surface area contributed by atoms with Crippen LogP contribution in [0.1, 0.15) is 43.9 Å². The zero-order chi connectivity index (χ0) is 22.6. The molecule has 0 spiro atoms. The summed E-state index contributed by atoms with van der Waals surface area (Å²) in [4.78, 5) is 9.49. The van der Waals surface area contributed by atoms with Gasteiger partial charge in [0.05, 0.1) is 21.8 Å². The second-order valence-corrected chi connectivity index (χ2v) is 10.1. The molecular formula is C25H26N6S2. The van der Waals surface area contributed by atoms with Crippen LogP contribution in [-0.4, -0.2) is 18.1 Å². The van der Waals surface area contributed by atoms with E-state index in [9.17, 15) is 0 Å². The molecule has 33 heavy (non-hydrogen) atoms. The molecule has 8 heteroatoms. The Morgan fingerprint density at radius 3 is 1.91 bits per heavy atom. The summed E-state index contributed by atoms with van der Waals surface area (Å²) in [6, 6.07) is 18.0. The van der Waals surface area contributed by atoms with Gasteiger partial charge in [0.1, 0.15) is 4.83 Å². The van der Waals surface area contributed by atoms with Crippen molar-refractivity contribution in [3.05, 3.63) is 59.5 Å². The van der Waals surface area contributed by atoms with Crippen LogP contribution in [0.2, 0.25) is 0 Å². The van der Waals surface area contributed by atoms with Crippen molar-refractivity contribution < 1.29 is 0 Å². The third-order valence-electron chi connectivity index (χ3n) is 5.96. The van der Waals surface area contributed by atoms with Crippen LogP contribution in [0.4, 0.5) is 27.9 Å². The Hall–Kier alpha value is -2.97. The summed E-state index contributed by atoms with van der Waals surface area (Å²) in [6.45, 7) is 6.29. The maximum atomic E-state index is 4.64. The number of aromatic nitrogens is 1. The molecule has 4 aromatic rings. The summed E-state index contributed by atoms with van der Waals surface area (Å²) in [6.07, 6.45) is 3.99. The average Bonchev–Trinajstić information content (AvgIpc) is 3.36. The average molecular weight is 475 g/mol. The SMILES string of the molecule is CCN(CC)c1ccc(N=Nc2ccc(N=Nc3nc4sc(C5CCC5)cc4s3)cc2)cc1. The van der Waals surface area contributed by atoms with E-state index in [1.54, 1.807) is 22.7 Å². The first kappa shape index (κ1) is 21.9. The highest BCUT2D eigenvalue weighted by atomic mass is 32.1. The van der Waals surface area contributed by atoms with Crippen molar-refractivity contribution in [1.82, 2.24) is 4.98 Å². The van der Waals surface area contributed by atoms with E-state index >= 15 is 0 Å². The van der Waals surface area contributed by atoms with Gasteiger partial charge in [0.2, 0.25) is 5.13 Å². The summed E-state index contributed by atoms with van der Waals surface area (Å²) in [5.74, 6) is 0.754. The molecule has 1 fully saturated rings. The minimum atomic E-state index is 0.702. The van der Waals surface area contributed by atoms with Gasteiger partial charge in [0, 0.05) is 23.7 Å². The second-order valence-electron chi connectivity index (χ2n) is 8.05. The molecule has 0 N–H and O–H groups in total. The number of thiazole rings is 1. The number of benzene rings is 2. The molecule has 0 amide bonds. The Bertz CT molecular complexity index is 1230. The Labute approximate surface area is 201 Å². The predicted molar refractivity (Wildman–Crippen MR) is 139 cm³/mol. The summed E-state index contributed by atoms with van der Waals surface area (Å²) in [5.41, 5.74) is 3.58. The number of azo groups is 2. The lowest BCUT2D eigenvalue weighted by Gasteiger charge is -2.23. The highest BCUT2D eigenvalue weighted by Crippen LogP contribution is 2.44. The maximum Gasteiger partial charge on any atom is 0.231 e. The summed E-state index contributed by atoms with van der Waals surface area (Å²) in [5, 5.41) is 18.1. The van der Waals surface area contributed by atoms with E-state index in [1.165, 1.54) is 34.5 Å². The molecule has 0 bridgehead atoms. The van der Waals surface area contributed by atoms with Gasteiger partial charge >= 0.3 is 0 Å². The molecule has 5 rings (SSSR count). The van der Waals surface area contributed by atoms with Crippen molar-refractivity contribution in [3.8, 4) is 0 Å². The van der Waals surface area contributed by atoms with E-state index in [1.807, 2.05) is 36.4 Å². The van der Waals surface area contributed by atoms with Crippen LogP contribution in [0.3, 0.4) is 0 Å². The highest BCUT2D eigenvalue weighted by Gasteiger charge is 2.22. The first-order valence-corrected chi connectivity index (χ1v) is 13.0. The van der Waals surface area contributed by atoms with Gasteiger partial charge in [-0.3, -0.25) is 0 Å². The molecule has 0 unspecified atom stereocenters. The van der Waals surface area contributed by atoms with Crippen molar-refractivity contribution in [2.24, 2.45) is 20.5 Å². The van der Waals surface area contributed by atoms with Gasteiger partial charge in [-0.2, -0.15) is 10.2 Å². The van der Waals surface area contributed by atoms with Gasteiger partial charge < -0.3 is 4.90 Å². The van der Waals surface area contributed by atoms with Gasteiger partial charge in [-0.25, -0.2) is 4.98 Å². The standard InChI is InChI=1S/C25H26N6S2/c1-3-31(4-2)21-14-12-20(13-15-21)28-27-18-8-10-19(11-9-18)29-30-25-26-24-23(33-25)16-22(32-24)17-6-5-7-17/h8-17H,3-7H2,1-2H3. The number of fused-ring (bicyclic) bond motifs is 1. The van der Waals surface area contributed by atoms with E-state index in [0.717, 1.165) is 40.9 Å². The molecule has 0 saturated heterocycles. The molecule has 2 heterocycles. The Balaban J connectivity index is 1.20. The minimum Gasteiger partial charge on any atom is -0.372 e. The highest BCUT2D eigenvalue weighted by molar-refractivity contribution is 7.28. The maximum absolute atomic E-state index is 4.64. The van der Waals surface area contributed by atoms with E-state index in [0.29, 0.717) is 5.13 Å². The molecule has 168 valence electrons. The van der Waals surface area contributed by atoms with Crippen LogP contribution in [0.25, 0.3) is 9.53 Å². The van der Waals surface area contributed by atoms with Gasteiger partial charge in [0.15, 0.2) is 0 Å². The van der Waals surface area contributed by atoms with E-state index < -0.39 is 0 Å². The minimum absolute atomic E-state index is 0.702. The third kappa shape index (κ3) is 5.02. The van der Waals surface area contributed by atoms with Crippen LogP contribution >= 0.6 is 22.7 Å². The number of hydrogen-bond donors (Lipinski definition) is 0. The number of rotatable bonds is 8. The smallest absolute Gasteiger partial charge is 0.231 e. The van der Waals surface area contributed by atoms with Gasteiger partial charge in [0.25, 0.3) is 0 Å². The Kier molecular flexibility index (Phi) is 6.55. The van der Waals surface area contributed by atoms with Gasteiger partial charge in [-0.1, -0.05) is 17.8 Å². The van der Waals surface area contributed by atoms with Gasteiger partial charge in [-0.05, 0) is 87.2 Å². The van der Waals surface area contributed by atoms with E-state index in [4.69, 9.17) is 0 Å². The first-order valence-electron chi connectivity index (χ1n) is 11.4. The molecule has 0 radical (unpaired) electrons. The monoisotopic (exact) mass is 474 g/mol. The number of thiophene rings is 1. The lowest BCUT2D eigenvalue weighted by molar-refractivity contribution is 0.426. The third-order valence-corrected chi connectivity index (χ3v) is 8.17. The molecule has 1 aliphatic carbocycles. The fourth-order valence-electron chi connectivity index (χ4n) is 3.80. The van der Waals surface area contributed by atoms with Gasteiger partial charge in [-0.15, -0.1) is 21.6 Å². The molecule has 0 atom stereocenters. The van der Waals surface area contributed by atoms with Crippen molar-refractivity contribution in [3.63, 3.8) is 0 Å². The fourth-order valence-corrected chi connectivity index (χ4v) is 6.01. The van der Waals surface area contributed by atoms with E-state index in [2.05, 4.69) is 62.4 Å². The molecular weight excluding hydrogens is 448 g/mol. The molecule has 6 nitrogen and oxygen atoms in total. The van der Waals surface area contributed by atoms with Crippen molar-refractivity contribution in [2.45, 2.75) is 39.0 Å². The second kappa shape index (κ2) is 9.89. The summed E-state index contributed by atoms with van der Waals surface area (Å²) in [7, 11) is 0. The molecule has 0 aliphatic heterocycles. The van der Waals surface area contributed by atoms with Crippen LogP contribution in [0, 0.1) is 0 Å². The van der Waals surface area contributed by atoms with Crippen LogP contribution < -0.4 is 4.90 Å². The summed E-state index contributed by atoms with van der Waals surface area (Å²) < 4.78 is 1.22. The lowest BCUT2D eigenvalue weighted by Crippen LogP contribution is -2.21. The molecule has 2 aromatic heterocycles. The zero-order valence-electron chi connectivity index (χ0n) is 18.8. The number of hydrogen-bond acceptors (Lipinski definition) is 8. The zero-order valence-corrected chi connectivity index (χ0v) is 20.4. The quantitative estimate of drug-likeness (QED) is 0.239. The van der Waals surface area contributed by atoms with Crippen molar-refractivity contribution >= 4 is 60.1 Å². The van der Waals surface area contributed by atoms with Crippen molar-refractivity contribution in [2.75, 3.05) is 18.0 Å². The Morgan fingerprint density at radius 1 is 0.818 bits per heavy atom. The first-order chi connectivity index (χ1) is 16.2. The van der Waals surface area contributed by atoms with Crippen LogP contribution in [0.5, 0.6) is 0 Å². The Morgan fingerprint density at radius 2 is 1.39 bits per heavy atom. The number of anilines is 1. The molecule has 1 saturated carbocycles. The molecule has 2 aromatic carbocycles. The molecule has 1 aliphatic rings. The predicted octanol–water partition coefficient (Wildman–Crippen LogP) is 9.30. The van der Waals surface area contributed by atoms with Crippen molar-refractivity contribution in [1.29, 1.82) is 0 Å². The fraction of sp³-hybridized carbons (Fsp3) is 0.320. The largest absolute Gasteiger partial charge is 0.372 e. The van der Waals surface area contributed by atoms with Crippen LogP contribution in [0.15, 0.2) is 75.1 Å². The lowest BCUT2D eigenvalue weighted by atomic mass is 9.84. The summed E-state index contributed by atoms with van der Waals surface area (Å²) >= 11 is 3.41. The van der Waals surface area contributed by atoms with E-state index in [-0.39, 0.29) is 0 Å². The normalized spacial score (nSPS) is 14.5.